The van der Waals surface area contributed by atoms with Crippen molar-refractivity contribution in [3.05, 3.63) is 82.6 Å². The molecule has 0 saturated carbocycles. The van der Waals surface area contributed by atoms with Crippen molar-refractivity contribution in [3.8, 4) is 11.1 Å². The average Bonchev–Trinajstić information content (AvgIpc) is 3.15. The van der Waals surface area contributed by atoms with Gasteiger partial charge in [-0.3, -0.25) is 9.59 Å². The maximum atomic E-state index is 15.6. The minimum Gasteiger partial charge on any atom is -0.366 e. The molecular weight excluding hydrogens is 429 g/mol. The number of primary amides is 1. The molecule has 5 nitrogen and oxygen atoms in total. The second-order valence-corrected chi connectivity index (χ2v) is 8.30. The van der Waals surface area contributed by atoms with Crippen molar-refractivity contribution >= 4 is 45.2 Å². The number of nitrogens with zero attached hydrogens (tertiary/aromatic N) is 1. The largest absolute Gasteiger partial charge is 0.366 e. The summed E-state index contributed by atoms with van der Waals surface area (Å²) in [4.78, 5) is 29.1. The maximum Gasteiger partial charge on any atom is 0.250 e. The highest BCUT2D eigenvalue weighted by atomic mass is 35.5. The standard InChI is InChI=1S/C25H19ClFN3O2/c1-2-21(31)30-9-8-15-13(12-30)4-3-5-16(15)22-19(27)11-18(25(28)32)24-23(22)17-10-14(26)6-7-20(17)29-24/h2-7,10-11,29H,1,8-9,12H2,(H2,28,32). The van der Waals surface area contributed by atoms with E-state index in [4.69, 9.17) is 17.3 Å². The normalized spacial score (nSPS) is 13.4. The van der Waals surface area contributed by atoms with Gasteiger partial charge in [-0.05, 0) is 53.5 Å². The Bertz CT molecular complexity index is 1460. The zero-order chi connectivity index (χ0) is 22.6. The molecule has 0 unspecified atom stereocenters. The van der Waals surface area contributed by atoms with Crippen LogP contribution in [0.3, 0.4) is 0 Å². The van der Waals surface area contributed by atoms with E-state index < -0.39 is 11.7 Å². The summed E-state index contributed by atoms with van der Waals surface area (Å²) in [6.07, 6.45) is 1.88. The van der Waals surface area contributed by atoms with Gasteiger partial charge in [0.15, 0.2) is 0 Å². The van der Waals surface area contributed by atoms with Crippen LogP contribution in [-0.2, 0) is 17.8 Å². The Balaban J connectivity index is 1.82. The third-order valence-corrected chi connectivity index (χ3v) is 6.31. The Labute approximate surface area is 188 Å². The number of rotatable bonds is 3. The lowest BCUT2D eigenvalue weighted by molar-refractivity contribution is -0.126. The molecule has 3 aromatic carbocycles. The van der Waals surface area contributed by atoms with Crippen LogP contribution in [0, 0.1) is 5.82 Å². The van der Waals surface area contributed by atoms with Crippen molar-refractivity contribution in [3.63, 3.8) is 0 Å². The summed E-state index contributed by atoms with van der Waals surface area (Å²) in [5, 5.41) is 1.78. The highest BCUT2D eigenvalue weighted by Gasteiger charge is 2.26. The van der Waals surface area contributed by atoms with Crippen LogP contribution in [0.2, 0.25) is 5.02 Å². The fourth-order valence-corrected chi connectivity index (χ4v) is 4.81. The molecule has 32 heavy (non-hydrogen) atoms. The number of nitrogens with one attached hydrogen (secondary N) is 1. The van der Waals surface area contributed by atoms with Gasteiger partial charge >= 0.3 is 0 Å². The quantitative estimate of drug-likeness (QED) is 0.436. The van der Waals surface area contributed by atoms with E-state index in [1.54, 1.807) is 23.1 Å². The van der Waals surface area contributed by atoms with Crippen LogP contribution in [0.5, 0.6) is 0 Å². The minimum atomic E-state index is -0.716. The smallest absolute Gasteiger partial charge is 0.250 e. The third-order valence-electron chi connectivity index (χ3n) is 6.08. The molecule has 7 heteroatoms. The van der Waals surface area contributed by atoms with Crippen LogP contribution in [0.15, 0.2) is 55.1 Å². The van der Waals surface area contributed by atoms with Crippen LogP contribution in [0.4, 0.5) is 4.39 Å². The number of amides is 2. The molecule has 4 aromatic rings. The van der Waals surface area contributed by atoms with Crippen LogP contribution in [0.25, 0.3) is 32.9 Å². The number of aromatic amines is 1. The molecule has 0 spiro atoms. The summed E-state index contributed by atoms with van der Waals surface area (Å²) in [7, 11) is 0. The number of fused-ring (bicyclic) bond motifs is 4. The molecule has 0 aliphatic carbocycles. The SMILES string of the molecule is C=CC(=O)N1CCc2c(cccc2-c2c(F)cc(C(N)=O)c3[nH]c4ccc(Cl)cc4c23)C1. The number of hydrogen-bond acceptors (Lipinski definition) is 2. The van der Waals surface area contributed by atoms with Crippen LogP contribution in [-0.4, -0.2) is 28.2 Å². The number of benzene rings is 3. The van der Waals surface area contributed by atoms with Gasteiger partial charge in [-0.1, -0.05) is 36.4 Å². The maximum absolute atomic E-state index is 15.6. The molecular formula is C25H19ClFN3O2. The number of halogens is 2. The lowest BCUT2D eigenvalue weighted by Crippen LogP contribution is -2.34. The fraction of sp³-hybridized carbons (Fsp3) is 0.120. The van der Waals surface area contributed by atoms with Gasteiger partial charge in [-0.25, -0.2) is 4.39 Å². The van der Waals surface area contributed by atoms with Crippen molar-refractivity contribution < 1.29 is 14.0 Å². The van der Waals surface area contributed by atoms with Gasteiger partial charge in [-0.15, -0.1) is 0 Å². The molecule has 160 valence electrons. The molecule has 2 amide bonds. The summed E-state index contributed by atoms with van der Waals surface area (Å²) in [5.41, 5.74) is 9.89. The molecule has 3 N–H and O–H groups in total. The first-order valence-electron chi connectivity index (χ1n) is 10.1. The number of hydrogen-bond donors (Lipinski definition) is 2. The third kappa shape index (κ3) is 3.07. The summed E-state index contributed by atoms with van der Waals surface area (Å²) in [6, 6.07) is 12.1. The molecule has 0 fully saturated rings. The van der Waals surface area contributed by atoms with Crippen molar-refractivity contribution in [2.75, 3.05) is 6.54 Å². The van der Waals surface area contributed by atoms with E-state index in [1.165, 1.54) is 12.1 Å². The van der Waals surface area contributed by atoms with E-state index in [2.05, 4.69) is 11.6 Å². The predicted octanol–water partition coefficient (Wildman–Crippen LogP) is 4.95. The van der Waals surface area contributed by atoms with Crippen LogP contribution < -0.4 is 5.73 Å². The highest BCUT2D eigenvalue weighted by Crippen LogP contribution is 2.41. The summed E-state index contributed by atoms with van der Waals surface area (Å²) >= 11 is 6.25. The number of carbonyl (C=O) groups is 2. The molecule has 1 aliphatic heterocycles. The Kier molecular flexibility index (Phi) is 4.75. The highest BCUT2D eigenvalue weighted by molar-refractivity contribution is 6.32. The molecule has 5 rings (SSSR count). The molecule has 0 radical (unpaired) electrons. The van der Waals surface area contributed by atoms with E-state index in [1.807, 2.05) is 18.2 Å². The molecule has 0 bridgehead atoms. The van der Waals surface area contributed by atoms with E-state index in [9.17, 15) is 9.59 Å². The monoisotopic (exact) mass is 447 g/mol. The number of aromatic nitrogens is 1. The topological polar surface area (TPSA) is 79.2 Å². The van der Waals surface area contributed by atoms with Crippen LogP contribution >= 0.6 is 11.6 Å². The molecule has 2 heterocycles. The molecule has 1 aromatic heterocycles. The van der Waals surface area contributed by atoms with Gasteiger partial charge in [0.05, 0.1) is 11.1 Å². The zero-order valence-electron chi connectivity index (χ0n) is 17.0. The summed E-state index contributed by atoms with van der Waals surface area (Å²) < 4.78 is 15.6. The van der Waals surface area contributed by atoms with Gasteiger partial charge < -0.3 is 15.6 Å². The van der Waals surface area contributed by atoms with E-state index in [0.29, 0.717) is 46.4 Å². The van der Waals surface area contributed by atoms with Crippen molar-refractivity contribution in [1.29, 1.82) is 0 Å². The van der Waals surface area contributed by atoms with Gasteiger partial charge in [0, 0.05) is 40.0 Å². The summed E-state index contributed by atoms with van der Waals surface area (Å²) in [6.45, 7) is 4.50. The first-order valence-corrected chi connectivity index (χ1v) is 10.5. The van der Waals surface area contributed by atoms with Gasteiger partial charge in [0.2, 0.25) is 5.91 Å². The Morgan fingerprint density at radius 1 is 1.22 bits per heavy atom. The van der Waals surface area contributed by atoms with Gasteiger partial charge in [0.25, 0.3) is 5.91 Å². The van der Waals surface area contributed by atoms with Crippen molar-refractivity contribution in [1.82, 2.24) is 9.88 Å². The molecule has 0 saturated heterocycles. The van der Waals surface area contributed by atoms with Crippen molar-refractivity contribution in [2.45, 2.75) is 13.0 Å². The number of carbonyl (C=O) groups excluding carboxylic acids is 2. The van der Waals surface area contributed by atoms with Gasteiger partial charge in [-0.2, -0.15) is 0 Å². The molecule has 0 atom stereocenters. The molecule has 1 aliphatic rings. The predicted molar refractivity (Wildman–Crippen MR) is 124 cm³/mol. The first-order chi connectivity index (χ1) is 15.4. The lowest BCUT2D eigenvalue weighted by atomic mass is 9.87. The van der Waals surface area contributed by atoms with Gasteiger partial charge in [0.1, 0.15) is 5.82 Å². The second kappa shape index (κ2) is 7.50. The first kappa shape index (κ1) is 20.3. The van der Waals surface area contributed by atoms with Crippen LogP contribution in [0.1, 0.15) is 21.5 Å². The Morgan fingerprint density at radius 3 is 2.78 bits per heavy atom. The fourth-order valence-electron chi connectivity index (χ4n) is 4.63. The van der Waals surface area contributed by atoms with Crippen molar-refractivity contribution in [2.24, 2.45) is 5.73 Å². The average molecular weight is 448 g/mol. The zero-order valence-corrected chi connectivity index (χ0v) is 17.8. The Hall–Kier alpha value is -3.64. The Morgan fingerprint density at radius 2 is 2.03 bits per heavy atom. The van der Waals surface area contributed by atoms with E-state index >= 15 is 4.39 Å². The van der Waals surface area contributed by atoms with E-state index in [0.717, 1.165) is 22.2 Å². The minimum absolute atomic E-state index is 0.0844. The lowest BCUT2D eigenvalue weighted by Gasteiger charge is -2.29. The summed E-state index contributed by atoms with van der Waals surface area (Å²) in [5.74, 6) is -1.39. The van der Waals surface area contributed by atoms with E-state index in [-0.39, 0.29) is 11.5 Å². The number of H-pyrrole nitrogens is 1. The second-order valence-electron chi connectivity index (χ2n) is 7.87. The number of nitrogens with two attached hydrogens (primary N) is 1.